The Labute approximate surface area is 175 Å². The van der Waals surface area contributed by atoms with Crippen molar-refractivity contribution in [2.75, 3.05) is 0 Å². The molecule has 1 saturated heterocycles. The van der Waals surface area contributed by atoms with E-state index >= 15 is 0 Å². The SMILES string of the molecule is C[C@@H](O[Si](C)(C)C(C)(C)C)[C@H]1C(=O)N(C(=O)C(=O)O)[C@@H]1SC(=O)c1cccnc1. The quantitative estimate of drug-likeness (QED) is 0.424. The molecule has 0 spiro atoms. The highest BCUT2D eigenvalue weighted by Crippen LogP contribution is 2.43. The molecule has 0 bridgehead atoms. The topological polar surface area (TPSA) is 114 Å². The zero-order valence-corrected chi connectivity index (χ0v) is 19.1. The first-order chi connectivity index (χ1) is 13.3. The van der Waals surface area contributed by atoms with Crippen molar-refractivity contribution in [2.24, 2.45) is 5.92 Å². The summed E-state index contributed by atoms with van der Waals surface area (Å²) in [5.41, 5.74) is 0.302. The van der Waals surface area contributed by atoms with Crippen LogP contribution in [0.4, 0.5) is 0 Å². The molecule has 0 aromatic carbocycles. The summed E-state index contributed by atoms with van der Waals surface area (Å²) in [4.78, 5) is 52.9. The minimum atomic E-state index is -2.22. The van der Waals surface area contributed by atoms with Crippen LogP contribution in [0.3, 0.4) is 0 Å². The molecule has 1 aliphatic heterocycles. The van der Waals surface area contributed by atoms with Gasteiger partial charge in [-0.05, 0) is 37.2 Å². The Kier molecular flexibility index (Phi) is 6.70. The number of β-lactam (4-membered cyclic amide) rings is 1. The highest BCUT2D eigenvalue weighted by atomic mass is 32.2. The largest absolute Gasteiger partial charge is 0.474 e. The maximum absolute atomic E-state index is 12.7. The number of rotatable bonds is 5. The molecule has 1 aromatic rings. The van der Waals surface area contributed by atoms with E-state index in [0.29, 0.717) is 10.5 Å². The Morgan fingerprint density at radius 2 is 1.93 bits per heavy atom. The Morgan fingerprint density at radius 3 is 2.41 bits per heavy atom. The van der Waals surface area contributed by atoms with Crippen LogP contribution in [0.25, 0.3) is 0 Å². The lowest BCUT2D eigenvalue weighted by Crippen LogP contribution is -2.67. The molecule has 0 unspecified atom stereocenters. The predicted molar refractivity (Wildman–Crippen MR) is 111 cm³/mol. The monoisotopic (exact) mass is 438 g/mol. The number of carboxylic acid groups (broad SMARTS) is 1. The Balaban J connectivity index is 2.27. The minimum absolute atomic E-state index is 0.0984. The van der Waals surface area contributed by atoms with Gasteiger partial charge in [0.25, 0.3) is 0 Å². The zero-order valence-electron chi connectivity index (χ0n) is 17.3. The van der Waals surface area contributed by atoms with Gasteiger partial charge < -0.3 is 9.53 Å². The van der Waals surface area contributed by atoms with E-state index in [4.69, 9.17) is 9.53 Å². The molecule has 2 heterocycles. The van der Waals surface area contributed by atoms with Crippen LogP contribution in [0.15, 0.2) is 24.5 Å². The summed E-state index contributed by atoms with van der Waals surface area (Å²) in [7, 11) is -2.22. The van der Waals surface area contributed by atoms with Gasteiger partial charge in [-0.15, -0.1) is 0 Å². The standard InChI is InChI=1S/C19H26N2O6SSi/c1-11(27-29(5,6)19(2,3)4)13-14(22)21(15(23)17(24)25)16(13)28-18(26)12-8-7-9-20-10-12/h7-11,13,16H,1-6H3,(H,24,25)/t11-,13+,16-/m1/s1. The number of imide groups is 1. The van der Waals surface area contributed by atoms with Gasteiger partial charge >= 0.3 is 11.9 Å². The number of hydrogen-bond donors (Lipinski definition) is 1. The molecule has 10 heteroatoms. The molecule has 1 aliphatic rings. The third kappa shape index (κ3) is 4.76. The molecule has 1 aromatic heterocycles. The van der Waals surface area contributed by atoms with E-state index in [-0.39, 0.29) is 5.04 Å². The summed E-state index contributed by atoms with van der Waals surface area (Å²) in [5, 5.41) is 7.61. The van der Waals surface area contributed by atoms with Crippen LogP contribution in [0.2, 0.25) is 18.1 Å². The van der Waals surface area contributed by atoms with Gasteiger partial charge in [0.1, 0.15) is 5.37 Å². The maximum Gasteiger partial charge on any atom is 0.395 e. The van der Waals surface area contributed by atoms with Gasteiger partial charge in [0, 0.05) is 18.0 Å². The number of thioether (sulfide) groups is 1. The average molecular weight is 439 g/mol. The number of pyridine rings is 1. The van der Waals surface area contributed by atoms with E-state index in [1.165, 1.54) is 12.4 Å². The molecular formula is C19H26N2O6SSi. The summed E-state index contributed by atoms with van der Waals surface area (Å²) in [6, 6.07) is 3.16. The van der Waals surface area contributed by atoms with Crippen molar-refractivity contribution >= 4 is 43.0 Å². The molecule has 1 fully saturated rings. The number of amides is 2. The first kappa shape index (κ1) is 23.2. The summed E-state index contributed by atoms with van der Waals surface area (Å²) in [6.07, 6.45) is 2.33. The molecule has 0 aliphatic carbocycles. The van der Waals surface area contributed by atoms with E-state index < -0.39 is 48.6 Å². The first-order valence-electron chi connectivity index (χ1n) is 9.17. The average Bonchev–Trinajstić information content (AvgIpc) is 2.60. The van der Waals surface area contributed by atoms with E-state index in [1.54, 1.807) is 19.1 Å². The van der Waals surface area contributed by atoms with E-state index in [1.807, 2.05) is 13.1 Å². The number of nitrogens with zero attached hydrogens (tertiary/aromatic N) is 2. The Bertz CT molecular complexity index is 824. The number of carbonyl (C=O) groups is 4. The first-order valence-corrected chi connectivity index (χ1v) is 13.0. The van der Waals surface area contributed by atoms with E-state index in [2.05, 4.69) is 25.8 Å². The lowest BCUT2D eigenvalue weighted by molar-refractivity contribution is -0.172. The zero-order chi connectivity index (χ0) is 22.1. The highest BCUT2D eigenvalue weighted by Gasteiger charge is 2.57. The Hall–Kier alpha value is -2.04. The van der Waals surface area contributed by atoms with Crippen LogP contribution < -0.4 is 0 Å². The van der Waals surface area contributed by atoms with Gasteiger partial charge in [-0.25, -0.2) is 4.79 Å². The van der Waals surface area contributed by atoms with Gasteiger partial charge in [0.2, 0.25) is 11.0 Å². The lowest BCUT2D eigenvalue weighted by Gasteiger charge is -2.48. The van der Waals surface area contributed by atoms with Crippen LogP contribution >= 0.6 is 11.8 Å². The van der Waals surface area contributed by atoms with Crippen LogP contribution in [-0.4, -0.2) is 57.7 Å². The fourth-order valence-corrected chi connectivity index (χ4v) is 5.43. The molecule has 8 nitrogen and oxygen atoms in total. The van der Waals surface area contributed by atoms with Crippen molar-refractivity contribution in [3.05, 3.63) is 30.1 Å². The number of aliphatic carboxylic acids is 1. The molecule has 2 amide bonds. The number of carbonyl (C=O) groups excluding carboxylic acids is 3. The molecule has 2 rings (SSSR count). The second-order valence-electron chi connectivity index (χ2n) is 8.47. The maximum atomic E-state index is 12.7. The molecule has 158 valence electrons. The number of aromatic nitrogens is 1. The van der Waals surface area contributed by atoms with Crippen LogP contribution in [-0.2, 0) is 18.8 Å². The Morgan fingerprint density at radius 1 is 1.31 bits per heavy atom. The van der Waals surface area contributed by atoms with Gasteiger partial charge in [0.05, 0.1) is 12.0 Å². The fourth-order valence-electron chi connectivity index (χ4n) is 2.74. The van der Waals surface area contributed by atoms with Gasteiger partial charge in [-0.3, -0.25) is 24.3 Å². The van der Waals surface area contributed by atoms with Crippen molar-refractivity contribution in [1.29, 1.82) is 0 Å². The molecular weight excluding hydrogens is 412 g/mol. The molecule has 1 N–H and O–H groups in total. The predicted octanol–water partition coefficient (Wildman–Crippen LogP) is 2.76. The second kappa shape index (κ2) is 8.37. The molecule has 29 heavy (non-hydrogen) atoms. The van der Waals surface area contributed by atoms with Gasteiger partial charge in [-0.2, -0.15) is 0 Å². The van der Waals surface area contributed by atoms with E-state index in [9.17, 15) is 19.2 Å². The minimum Gasteiger partial charge on any atom is -0.474 e. The molecule has 3 atom stereocenters. The normalized spacial score (nSPS) is 20.8. The van der Waals surface area contributed by atoms with Crippen molar-refractivity contribution in [3.8, 4) is 0 Å². The summed E-state index contributed by atoms with van der Waals surface area (Å²) < 4.78 is 6.28. The third-order valence-corrected chi connectivity index (χ3v) is 11.2. The van der Waals surface area contributed by atoms with Crippen LogP contribution in [0, 0.1) is 5.92 Å². The molecule has 0 saturated carbocycles. The summed E-state index contributed by atoms with van der Waals surface area (Å²) >= 11 is 0.744. The van der Waals surface area contributed by atoms with Gasteiger partial charge in [-0.1, -0.05) is 32.5 Å². The van der Waals surface area contributed by atoms with Gasteiger partial charge in [0.15, 0.2) is 8.32 Å². The third-order valence-electron chi connectivity index (χ3n) is 5.40. The number of carboxylic acids is 1. The van der Waals surface area contributed by atoms with Crippen LogP contribution in [0.5, 0.6) is 0 Å². The van der Waals surface area contributed by atoms with Crippen LogP contribution in [0.1, 0.15) is 38.1 Å². The smallest absolute Gasteiger partial charge is 0.395 e. The van der Waals surface area contributed by atoms with Crippen molar-refractivity contribution in [1.82, 2.24) is 9.88 Å². The number of hydrogen-bond acceptors (Lipinski definition) is 7. The lowest BCUT2D eigenvalue weighted by atomic mass is 9.92. The molecule has 0 radical (unpaired) electrons. The highest BCUT2D eigenvalue weighted by molar-refractivity contribution is 8.14. The second-order valence-corrected chi connectivity index (χ2v) is 14.3. The number of likely N-dealkylation sites (tertiary alicyclic amines) is 1. The van der Waals surface area contributed by atoms with Crippen molar-refractivity contribution in [2.45, 2.75) is 57.3 Å². The fraction of sp³-hybridized carbons (Fsp3) is 0.526. The summed E-state index contributed by atoms with van der Waals surface area (Å²) in [6.45, 7) is 12.0. The van der Waals surface area contributed by atoms with E-state index in [0.717, 1.165) is 11.8 Å². The summed E-state index contributed by atoms with van der Waals surface area (Å²) in [5.74, 6) is -4.52. The van der Waals surface area contributed by atoms with Crippen molar-refractivity contribution < 1.29 is 28.7 Å². The van der Waals surface area contributed by atoms with Crippen molar-refractivity contribution in [3.63, 3.8) is 0 Å².